The molecule has 0 heterocycles. The first-order valence-electron chi connectivity index (χ1n) is 16.7. The molecule has 0 saturated heterocycles. The van der Waals surface area contributed by atoms with E-state index in [1.54, 1.807) is 0 Å². The van der Waals surface area contributed by atoms with Gasteiger partial charge in [0.1, 0.15) is 22.8 Å². The molecular weight excluding hydrogens is 552 g/mol. The van der Waals surface area contributed by atoms with E-state index in [-0.39, 0.29) is 30.0 Å². The van der Waals surface area contributed by atoms with Crippen LogP contribution in [0.3, 0.4) is 0 Å². The summed E-state index contributed by atoms with van der Waals surface area (Å²) in [6.07, 6.45) is 2.12. The predicted octanol–water partition coefficient (Wildman–Crippen LogP) is 7.15. The van der Waals surface area contributed by atoms with E-state index in [9.17, 15) is 4.79 Å². The summed E-state index contributed by atoms with van der Waals surface area (Å²) in [5.41, 5.74) is 1.36. The van der Waals surface area contributed by atoms with Gasteiger partial charge in [-0.2, -0.15) is 0 Å². The molecule has 0 spiro atoms. The number of anilines is 1. The van der Waals surface area contributed by atoms with Crippen LogP contribution in [0.15, 0.2) is 42.5 Å². The van der Waals surface area contributed by atoms with E-state index in [4.69, 9.17) is 14.2 Å². The van der Waals surface area contributed by atoms with E-state index in [0.717, 1.165) is 69.2 Å². The third-order valence-corrected chi connectivity index (χ3v) is 7.39. The van der Waals surface area contributed by atoms with Crippen LogP contribution in [0.1, 0.15) is 93.2 Å². The van der Waals surface area contributed by atoms with E-state index in [2.05, 4.69) is 62.0 Å². The van der Waals surface area contributed by atoms with Crippen molar-refractivity contribution in [1.29, 1.82) is 0 Å². The number of hydrogen-bond acceptors (Lipinski definition) is 7. The fraction of sp³-hybridized carbons (Fsp3) is 0.639. The van der Waals surface area contributed by atoms with Crippen LogP contribution in [0.25, 0.3) is 0 Å². The van der Waals surface area contributed by atoms with Gasteiger partial charge in [-0.25, -0.2) is 0 Å². The van der Waals surface area contributed by atoms with E-state index in [0.29, 0.717) is 24.7 Å². The SMILES string of the molecule is CCN(CC)CCCOc1ccc(NC(=O)CC(NC(C)C)c2cccc(OC(C)(C)C)c2)c(OCCCN(CC)CC)c1. The molecule has 44 heavy (non-hydrogen) atoms. The number of amides is 1. The van der Waals surface area contributed by atoms with Crippen molar-refractivity contribution in [2.24, 2.45) is 0 Å². The van der Waals surface area contributed by atoms with Crippen LogP contribution < -0.4 is 24.8 Å². The first-order valence-corrected chi connectivity index (χ1v) is 16.7. The maximum absolute atomic E-state index is 13.5. The lowest BCUT2D eigenvalue weighted by atomic mass is 10.0. The zero-order valence-corrected chi connectivity index (χ0v) is 29.0. The highest BCUT2D eigenvalue weighted by Gasteiger charge is 2.20. The second-order valence-electron chi connectivity index (χ2n) is 12.5. The quantitative estimate of drug-likeness (QED) is 0.145. The second kappa shape index (κ2) is 19.6. The lowest BCUT2D eigenvalue weighted by Crippen LogP contribution is -2.31. The van der Waals surface area contributed by atoms with Crippen molar-refractivity contribution in [2.75, 3.05) is 57.8 Å². The Balaban J connectivity index is 2.17. The van der Waals surface area contributed by atoms with E-state index in [1.807, 2.05) is 63.2 Å². The monoisotopic (exact) mass is 612 g/mol. The zero-order chi connectivity index (χ0) is 32.5. The molecule has 0 aromatic heterocycles. The molecule has 0 bridgehead atoms. The molecule has 0 aliphatic rings. The smallest absolute Gasteiger partial charge is 0.226 e. The topological polar surface area (TPSA) is 75.3 Å². The molecule has 0 saturated carbocycles. The van der Waals surface area contributed by atoms with Gasteiger partial charge in [0.05, 0.1) is 18.9 Å². The highest BCUT2D eigenvalue weighted by Crippen LogP contribution is 2.31. The van der Waals surface area contributed by atoms with Gasteiger partial charge in [-0.3, -0.25) is 4.79 Å². The van der Waals surface area contributed by atoms with Gasteiger partial charge in [-0.05, 0) is 89.6 Å². The summed E-state index contributed by atoms with van der Waals surface area (Å²) in [4.78, 5) is 18.2. The van der Waals surface area contributed by atoms with Gasteiger partial charge in [-0.1, -0.05) is 53.7 Å². The summed E-state index contributed by atoms with van der Waals surface area (Å²) < 4.78 is 18.4. The summed E-state index contributed by atoms with van der Waals surface area (Å²) in [5.74, 6) is 2.08. The number of rotatable bonds is 21. The van der Waals surface area contributed by atoms with Crippen molar-refractivity contribution in [1.82, 2.24) is 15.1 Å². The largest absolute Gasteiger partial charge is 0.493 e. The predicted molar refractivity (Wildman–Crippen MR) is 183 cm³/mol. The number of nitrogens with zero attached hydrogens (tertiary/aromatic N) is 2. The van der Waals surface area contributed by atoms with Crippen molar-refractivity contribution in [2.45, 2.75) is 99.3 Å². The first-order chi connectivity index (χ1) is 21.0. The van der Waals surface area contributed by atoms with Gasteiger partial charge in [-0.15, -0.1) is 0 Å². The van der Waals surface area contributed by atoms with Gasteiger partial charge < -0.3 is 34.6 Å². The van der Waals surface area contributed by atoms with E-state index >= 15 is 0 Å². The Morgan fingerprint density at radius 3 is 2.00 bits per heavy atom. The highest BCUT2D eigenvalue weighted by atomic mass is 16.5. The summed E-state index contributed by atoms with van der Waals surface area (Å²) in [5, 5.41) is 6.68. The minimum absolute atomic E-state index is 0.0915. The molecule has 2 aromatic rings. The number of benzene rings is 2. The van der Waals surface area contributed by atoms with Crippen LogP contribution in [-0.2, 0) is 4.79 Å². The van der Waals surface area contributed by atoms with Crippen LogP contribution in [0.4, 0.5) is 5.69 Å². The molecule has 2 rings (SSSR count). The van der Waals surface area contributed by atoms with Crippen LogP contribution in [-0.4, -0.2) is 79.8 Å². The Morgan fingerprint density at radius 2 is 1.43 bits per heavy atom. The van der Waals surface area contributed by atoms with Crippen molar-refractivity contribution < 1.29 is 19.0 Å². The fourth-order valence-electron chi connectivity index (χ4n) is 5.05. The van der Waals surface area contributed by atoms with Crippen molar-refractivity contribution in [3.63, 3.8) is 0 Å². The van der Waals surface area contributed by atoms with E-state index < -0.39 is 0 Å². The normalized spacial score (nSPS) is 12.5. The second-order valence-corrected chi connectivity index (χ2v) is 12.5. The average Bonchev–Trinajstić information content (AvgIpc) is 2.97. The maximum Gasteiger partial charge on any atom is 0.226 e. The molecule has 0 aliphatic carbocycles. The van der Waals surface area contributed by atoms with Crippen LogP contribution >= 0.6 is 0 Å². The highest BCUT2D eigenvalue weighted by molar-refractivity contribution is 5.93. The van der Waals surface area contributed by atoms with Gasteiger partial charge in [0.15, 0.2) is 0 Å². The van der Waals surface area contributed by atoms with Gasteiger partial charge in [0.25, 0.3) is 0 Å². The van der Waals surface area contributed by atoms with Crippen molar-refractivity contribution in [3.8, 4) is 17.2 Å². The van der Waals surface area contributed by atoms with Crippen LogP contribution in [0.2, 0.25) is 0 Å². The molecule has 248 valence electrons. The standard InChI is InChI=1S/C36H60N4O4/c1-10-39(11-2)21-15-23-42-30-19-20-32(34(26-30)43-24-16-22-40(12-3)13-4)38-35(41)27-33(37-28(5)6)29-17-14-18-31(25-29)44-36(7,8)9/h14,17-20,25-26,28,33,37H,10-13,15-16,21-24,27H2,1-9H3,(H,38,41). The number of hydrogen-bond donors (Lipinski definition) is 2. The van der Waals surface area contributed by atoms with Crippen LogP contribution in [0, 0.1) is 0 Å². The molecule has 0 radical (unpaired) electrons. The van der Waals surface area contributed by atoms with Crippen molar-refractivity contribution >= 4 is 11.6 Å². The molecule has 1 atom stereocenters. The Labute approximate surface area is 267 Å². The molecule has 2 aromatic carbocycles. The van der Waals surface area contributed by atoms with Gasteiger partial charge in [0.2, 0.25) is 5.91 Å². The minimum Gasteiger partial charge on any atom is -0.493 e. The average molecular weight is 613 g/mol. The Kier molecular flexibility index (Phi) is 16.6. The summed E-state index contributed by atoms with van der Waals surface area (Å²) in [7, 11) is 0. The fourth-order valence-corrected chi connectivity index (χ4v) is 5.05. The molecule has 0 aliphatic heterocycles. The molecular formula is C36H60N4O4. The maximum atomic E-state index is 13.5. The molecule has 1 amide bonds. The lowest BCUT2D eigenvalue weighted by Gasteiger charge is -2.25. The number of carbonyl (C=O) groups excluding carboxylic acids is 1. The number of nitrogens with one attached hydrogen (secondary N) is 2. The third-order valence-electron chi connectivity index (χ3n) is 7.39. The summed E-state index contributed by atoms with van der Waals surface area (Å²) in [6.45, 7) is 26.3. The molecule has 2 N–H and O–H groups in total. The molecule has 8 heteroatoms. The lowest BCUT2D eigenvalue weighted by molar-refractivity contribution is -0.116. The molecule has 8 nitrogen and oxygen atoms in total. The Morgan fingerprint density at radius 1 is 0.818 bits per heavy atom. The van der Waals surface area contributed by atoms with Gasteiger partial charge in [0, 0.05) is 37.7 Å². The third kappa shape index (κ3) is 14.3. The molecule has 1 unspecified atom stereocenters. The number of ether oxygens (including phenoxy) is 3. The summed E-state index contributed by atoms with van der Waals surface area (Å²) in [6, 6.07) is 13.7. The summed E-state index contributed by atoms with van der Waals surface area (Å²) >= 11 is 0. The van der Waals surface area contributed by atoms with Crippen molar-refractivity contribution in [3.05, 3.63) is 48.0 Å². The Bertz CT molecular complexity index is 1090. The zero-order valence-electron chi connectivity index (χ0n) is 29.0. The van der Waals surface area contributed by atoms with Crippen LogP contribution in [0.5, 0.6) is 17.2 Å². The molecule has 0 fully saturated rings. The Hall–Kier alpha value is -2.81. The minimum atomic E-state index is -0.306. The first kappa shape index (κ1) is 37.4. The van der Waals surface area contributed by atoms with Gasteiger partial charge >= 0.3 is 0 Å². The number of carbonyl (C=O) groups is 1. The van der Waals surface area contributed by atoms with E-state index in [1.165, 1.54) is 0 Å².